The van der Waals surface area contributed by atoms with Gasteiger partial charge in [-0.25, -0.2) is 9.69 Å². The standard InChI is InChI=1S/C19H25N3O4/c1-4-5-6-7-12-20-13(2)16-17(23)21-19(25)22(18(16)24)14-8-10-15(26-3)11-9-14/h8-11,16H,4-7,12H2,1-3H3,(H,21,23,25). The quantitative estimate of drug-likeness (QED) is 0.439. The molecule has 1 N–H and O–H groups in total. The van der Waals surface area contributed by atoms with Crippen LogP contribution in [0.4, 0.5) is 10.5 Å². The molecule has 1 fully saturated rings. The molecule has 1 atom stereocenters. The van der Waals surface area contributed by atoms with Gasteiger partial charge in [0.05, 0.1) is 12.8 Å². The van der Waals surface area contributed by atoms with Gasteiger partial charge in [-0.2, -0.15) is 0 Å². The number of anilines is 1. The van der Waals surface area contributed by atoms with Crippen LogP contribution in [0.5, 0.6) is 5.75 Å². The molecule has 0 saturated carbocycles. The molecule has 0 bridgehead atoms. The lowest BCUT2D eigenvalue weighted by molar-refractivity contribution is -0.131. The number of urea groups is 1. The van der Waals surface area contributed by atoms with Crippen LogP contribution < -0.4 is 15.0 Å². The summed E-state index contributed by atoms with van der Waals surface area (Å²) in [5.74, 6) is -1.68. The number of rotatable bonds is 8. The van der Waals surface area contributed by atoms with Gasteiger partial charge < -0.3 is 4.74 Å². The number of ether oxygens (including phenoxy) is 1. The lowest BCUT2D eigenvalue weighted by Gasteiger charge is -2.30. The third-order valence-corrected chi connectivity index (χ3v) is 4.28. The van der Waals surface area contributed by atoms with Gasteiger partial charge in [0.1, 0.15) is 5.75 Å². The normalized spacial score (nSPS) is 18.1. The number of hydrogen-bond acceptors (Lipinski definition) is 5. The Bertz CT molecular complexity index is 697. The van der Waals surface area contributed by atoms with Crippen LogP contribution in [0.1, 0.15) is 39.5 Å². The topological polar surface area (TPSA) is 88.1 Å². The Balaban J connectivity index is 2.16. The molecular weight excluding hydrogens is 334 g/mol. The van der Waals surface area contributed by atoms with Crippen molar-refractivity contribution in [1.29, 1.82) is 0 Å². The number of benzene rings is 1. The Labute approximate surface area is 153 Å². The molecule has 26 heavy (non-hydrogen) atoms. The van der Waals surface area contributed by atoms with E-state index in [2.05, 4.69) is 17.2 Å². The monoisotopic (exact) mass is 359 g/mol. The fraction of sp³-hybridized carbons (Fsp3) is 0.474. The number of nitrogens with zero attached hydrogens (tertiary/aromatic N) is 2. The average Bonchev–Trinajstić information content (AvgIpc) is 2.61. The second kappa shape index (κ2) is 9.12. The first-order valence-corrected chi connectivity index (χ1v) is 8.83. The number of carbonyl (C=O) groups excluding carboxylic acids is 3. The average molecular weight is 359 g/mol. The number of amides is 4. The Morgan fingerprint density at radius 3 is 2.46 bits per heavy atom. The smallest absolute Gasteiger partial charge is 0.335 e. The molecule has 1 saturated heterocycles. The molecule has 2 rings (SSSR count). The van der Waals surface area contributed by atoms with Crippen molar-refractivity contribution in [1.82, 2.24) is 5.32 Å². The molecule has 7 nitrogen and oxygen atoms in total. The van der Waals surface area contributed by atoms with Crippen molar-refractivity contribution in [3.8, 4) is 5.75 Å². The molecule has 1 unspecified atom stereocenters. The summed E-state index contributed by atoms with van der Waals surface area (Å²) in [4.78, 5) is 42.5. The highest BCUT2D eigenvalue weighted by Crippen LogP contribution is 2.24. The summed E-state index contributed by atoms with van der Waals surface area (Å²) in [7, 11) is 1.53. The predicted octanol–water partition coefficient (Wildman–Crippen LogP) is 2.94. The first-order chi connectivity index (χ1) is 12.5. The second-order valence-electron chi connectivity index (χ2n) is 6.18. The van der Waals surface area contributed by atoms with Crippen molar-refractivity contribution in [2.45, 2.75) is 39.5 Å². The highest BCUT2D eigenvalue weighted by molar-refractivity contribution is 6.35. The van der Waals surface area contributed by atoms with E-state index in [0.29, 0.717) is 23.7 Å². The lowest BCUT2D eigenvalue weighted by atomic mass is 9.99. The van der Waals surface area contributed by atoms with Crippen molar-refractivity contribution in [3.63, 3.8) is 0 Å². The van der Waals surface area contributed by atoms with E-state index < -0.39 is 23.8 Å². The fourth-order valence-electron chi connectivity index (χ4n) is 2.80. The zero-order chi connectivity index (χ0) is 19.1. The summed E-state index contributed by atoms with van der Waals surface area (Å²) in [6, 6.07) is 5.74. The minimum atomic E-state index is -1.08. The van der Waals surface area contributed by atoms with Gasteiger partial charge in [-0.15, -0.1) is 0 Å². The zero-order valence-corrected chi connectivity index (χ0v) is 15.4. The zero-order valence-electron chi connectivity index (χ0n) is 15.4. The van der Waals surface area contributed by atoms with Gasteiger partial charge in [-0.1, -0.05) is 26.2 Å². The van der Waals surface area contributed by atoms with Crippen LogP contribution in [-0.2, 0) is 9.59 Å². The molecule has 7 heteroatoms. The predicted molar refractivity (Wildman–Crippen MR) is 99.6 cm³/mol. The molecule has 0 aliphatic carbocycles. The van der Waals surface area contributed by atoms with Crippen molar-refractivity contribution < 1.29 is 19.1 Å². The second-order valence-corrected chi connectivity index (χ2v) is 6.18. The van der Waals surface area contributed by atoms with E-state index in [4.69, 9.17) is 4.74 Å². The molecule has 1 aliphatic heterocycles. The summed E-state index contributed by atoms with van der Waals surface area (Å²) >= 11 is 0. The largest absolute Gasteiger partial charge is 0.497 e. The molecule has 0 radical (unpaired) electrons. The maximum absolute atomic E-state index is 12.8. The fourth-order valence-corrected chi connectivity index (χ4v) is 2.80. The molecule has 1 aliphatic rings. The number of unbranched alkanes of at least 4 members (excludes halogenated alkanes) is 3. The van der Waals surface area contributed by atoms with E-state index in [-0.39, 0.29) is 0 Å². The van der Waals surface area contributed by atoms with Gasteiger partial charge in [-0.05, 0) is 37.6 Å². The minimum Gasteiger partial charge on any atom is -0.497 e. The van der Waals surface area contributed by atoms with Crippen LogP contribution in [-0.4, -0.2) is 37.2 Å². The number of imide groups is 2. The number of barbiturate groups is 1. The number of methoxy groups -OCH3 is 1. The van der Waals surface area contributed by atoms with Gasteiger partial charge in [0.25, 0.3) is 5.91 Å². The first kappa shape index (κ1) is 19.6. The third-order valence-electron chi connectivity index (χ3n) is 4.28. The molecule has 0 aromatic heterocycles. The molecule has 1 aromatic carbocycles. The first-order valence-electron chi connectivity index (χ1n) is 8.83. The van der Waals surface area contributed by atoms with E-state index in [1.165, 1.54) is 7.11 Å². The summed E-state index contributed by atoms with van der Waals surface area (Å²) in [6.07, 6.45) is 4.24. The Kier molecular flexibility index (Phi) is 6.89. The summed E-state index contributed by atoms with van der Waals surface area (Å²) in [6.45, 7) is 4.35. The van der Waals surface area contributed by atoms with E-state index >= 15 is 0 Å². The van der Waals surface area contributed by atoms with Crippen LogP contribution in [0.3, 0.4) is 0 Å². The van der Waals surface area contributed by atoms with Crippen LogP contribution in [0, 0.1) is 5.92 Å². The minimum absolute atomic E-state index is 0.376. The van der Waals surface area contributed by atoms with Crippen molar-refractivity contribution in [2.75, 3.05) is 18.6 Å². The number of nitrogens with one attached hydrogen (secondary N) is 1. The van der Waals surface area contributed by atoms with E-state index in [0.717, 1.165) is 30.6 Å². The Morgan fingerprint density at radius 2 is 1.85 bits per heavy atom. The summed E-state index contributed by atoms with van der Waals surface area (Å²) < 4.78 is 5.08. The molecule has 1 heterocycles. The van der Waals surface area contributed by atoms with Crippen LogP contribution >= 0.6 is 0 Å². The van der Waals surface area contributed by atoms with E-state index in [1.54, 1.807) is 31.2 Å². The van der Waals surface area contributed by atoms with Crippen LogP contribution in [0.15, 0.2) is 29.3 Å². The van der Waals surface area contributed by atoms with Gasteiger partial charge in [0.15, 0.2) is 5.92 Å². The van der Waals surface area contributed by atoms with Gasteiger partial charge in [0.2, 0.25) is 5.91 Å². The molecular formula is C19H25N3O4. The SMILES string of the molecule is CCCCCCN=C(C)C1C(=O)NC(=O)N(c2ccc(OC)cc2)C1=O. The Morgan fingerprint density at radius 1 is 1.15 bits per heavy atom. The maximum atomic E-state index is 12.8. The third kappa shape index (κ3) is 4.47. The molecule has 4 amide bonds. The summed E-state index contributed by atoms with van der Waals surface area (Å²) in [5, 5.41) is 2.24. The maximum Gasteiger partial charge on any atom is 0.335 e. The lowest BCUT2D eigenvalue weighted by Crippen LogP contribution is -2.60. The highest BCUT2D eigenvalue weighted by atomic mass is 16.5. The molecule has 0 spiro atoms. The number of hydrogen-bond donors (Lipinski definition) is 1. The van der Waals surface area contributed by atoms with Gasteiger partial charge in [-0.3, -0.25) is 19.9 Å². The van der Waals surface area contributed by atoms with Gasteiger partial charge in [0, 0.05) is 12.3 Å². The van der Waals surface area contributed by atoms with Crippen LogP contribution in [0.2, 0.25) is 0 Å². The molecule has 1 aromatic rings. The van der Waals surface area contributed by atoms with Crippen molar-refractivity contribution in [3.05, 3.63) is 24.3 Å². The highest BCUT2D eigenvalue weighted by Gasteiger charge is 2.42. The van der Waals surface area contributed by atoms with Crippen LogP contribution in [0.25, 0.3) is 0 Å². The van der Waals surface area contributed by atoms with E-state index in [1.807, 2.05) is 0 Å². The van der Waals surface area contributed by atoms with Gasteiger partial charge >= 0.3 is 6.03 Å². The number of carbonyl (C=O) groups is 3. The molecule has 140 valence electrons. The Hall–Kier alpha value is -2.70. The van der Waals surface area contributed by atoms with Crippen molar-refractivity contribution in [2.24, 2.45) is 10.9 Å². The van der Waals surface area contributed by atoms with Crippen molar-refractivity contribution >= 4 is 29.2 Å². The number of aliphatic imine (C=N–C) groups is 1. The van der Waals surface area contributed by atoms with E-state index in [9.17, 15) is 14.4 Å². The summed E-state index contributed by atoms with van der Waals surface area (Å²) in [5.41, 5.74) is 0.802.